The average Bonchev–Trinajstić information content (AvgIpc) is 2.73. The van der Waals surface area contributed by atoms with Gasteiger partial charge in [0.05, 0.1) is 11.4 Å². The lowest BCUT2D eigenvalue weighted by Crippen LogP contribution is -2.04. The Morgan fingerprint density at radius 3 is 2.88 bits per heavy atom. The molecule has 4 heteroatoms. The summed E-state index contributed by atoms with van der Waals surface area (Å²) in [7, 11) is 0. The second kappa shape index (κ2) is 5.38. The molecule has 0 fully saturated rings. The summed E-state index contributed by atoms with van der Waals surface area (Å²) in [5.41, 5.74) is 7.67. The number of thiazole rings is 1. The molecule has 17 heavy (non-hydrogen) atoms. The Hall–Kier alpha value is -1.26. The van der Waals surface area contributed by atoms with E-state index in [9.17, 15) is 0 Å². The van der Waals surface area contributed by atoms with Crippen molar-refractivity contribution < 1.29 is 0 Å². The summed E-state index contributed by atoms with van der Waals surface area (Å²) in [6.07, 6.45) is 2.81. The van der Waals surface area contributed by atoms with Gasteiger partial charge in [0.2, 0.25) is 0 Å². The highest BCUT2D eigenvalue weighted by molar-refractivity contribution is 7.15. The van der Waals surface area contributed by atoms with Crippen LogP contribution >= 0.6 is 11.3 Å². The van der Waals surface area contributed by atoms with Crippen molar-refractivity contribution in [3.63, 3.8) is 0 Å². The molecule has 0 aliphatic heterocycles. The fourth-order valence-corrected chi connectivity index (χ4v) is 2.97. The monoisotopic (exact) mass is 247 g/mol. The number of nitrogens with two attached hydrogens (primary N) is 1. The summed E-state index contributed by atoms with van der Waals surface area (Å²) in [4.78, 5) is 10.3. The van der Waals surface area contributed by atoms with Gasteiger partial charge in [-0.3, -0.25) is 4.98 Å². The predicted octanol–water partition coefficient (Wildman–Crippen LogP) is 2.97. The van der Waals surface area contributed by atoms with Gasteiger partial charge in [0.25, 0.3) is 0 Å². The second-order valence-electron chi connectivity index (χ2n) is 4.16. The normalized spacial score (nSPS) is 12.6. The molecule has 0 aromatic carbocycles. The van der Waals surface area contributed by atoms with Gasteiger partial charge in [0.15, 0.2) is 0 Å². The molecule has 0 saturated carbocycles. The first-order valence-corrected chi connectivity index (χ1v) is 6.62. The third-order valence-corrected chi connectivity index (χ3v) is 4.18. The molecule has 0 aliphatic rings. The molecule has 3 nitrogen and oxygen atoms in total. The first-order chi connectivity index (χ1) is 8.22. The van der Waals surface area contributed by atoms with Crippen molar-refractivity contribution in [3.05, 3.63) is 35.0 Å². The molecule has 2 aromatic heterocycles. The Bertz CT molecular complexity index is 479. The van der Waals surface area contributed by atoms with Gasteiger partial charge in [-0.25, -0.2) is 4.98 Å². The van der Waals surface area contributed by atoms with Gasteiger partial charge in [-0.2, -0.15) is 0 Å². The number of aryl methyl sites for hydroxylation is 1. The van der Waals surface area contributed by atoms with Gasteiger partial charge in [0.1, 0.15) is 5.01 Å². The van der Waals surface area contributed by atoms with Gasteiger partial charge in [-0.05, 0) is 37.9 Å². The molecule has 0 spiro atoms. The number of pyridine rings is 1. The van der Waals surface area contributed by atoms with Crippen LogP contribution in [0.25, 0.3) is 10.7 Å². The fraction of sp³-hybridized carbons (Fsp3) is 0.385. The summed E-state index contributed by atoms with van der Waals surface area (Å²) in [5.74, 6) is 0.481. The van der Waals surface area contributed by atoms with Crippen molar-refractivity contribution in [2.75, 3.05) is 6.54 Å². The second-order valence-corrected chi connectivity index (χ2v) is 5.19. The van der Waals surface area contributed by atoms with Gasteiger partial charge in [-0.15, -0.1) is 11.3 Å². The molecular formula is C13H17N3S. The SMILES string of the molecule is Cc1nc(-c2ccccn2)sc1C(C)CCN. The standard InChI is InChI=1S/C13H17N3S/c1-9(6-7-14)12-10(2)16-13(17-12)11-5-3-4-8-15-11/h3-5,8-9H,6-7,14H2,1-2H3. The van der Waals surface area contributed by atoms with Crippen LogP contribution < -0.4 is 5.73 Å². The first kappa shape index (κ1) is 12.2. The molecular weight excluding hydrogens is 230 g/mol. The molecule has 2 N–H and O–H groups in total. The minimum absolute atomic E-state index is 0.481. The van der Waals surface area contributed by atoms with E-state index in [-0.39, 0.29) is 0 Å². The van der Waals surface area contributed by atoms with Gasteiger partial charge < -0.3 is 5.73 Å². The number of hydrogen-bond acceptors (Lipinski definition) is 4. The maximum absolute atomic E-state index is 5.61. The van der Waals surface area contributed by atoms with Crippen LogP contribution in [0.15, 0.2) is 24.4 Å². The minimum Gasteiger partial charge on any atom is -0.330 e. The Balaban J connectivity index is 2.31. The van der Waals surface area contributed by atoms with Crippen LogP contribution in [0.2, 0.25) is 0 Å². The van der Waals surface area contributed by atoms with E-state index in [1.54, 1.807) is 17.5 Å². The Labute approximate surface area is 106 Å². The maximum Gasteiger partial charge on any atom is 0.142 e. The Morgan fingerprint density at radius 2 is 2.24 bits per heavy atom. The highest BCUT2D eigenvalue weighted by Crippen LogP contribution is 2.32. The van der Waals surface area contributed by atoms with Crippen molar-refractivity contribution in [1.82, 2.24) is 9.97 Å². The van der Waals surface area contributed by atoms with Crippen LogP contribution in [0.3, 0.4) is 0 Å². The maximum atomic E-state index is 5.61. The van der Waals surface area contributed by atoms with E-state index >= 15 is 0 Å². The van der Waals surface area contributed by atoms with Gasteiger partial charge >= 0.3 is 0 Å². The van der Waals surface area contributed by atoms with Crippen LogP contribution in [-0.4, -0.2) is 16.5 Å². The van der Waals surface area contributed by atoms with Crippen molar-refractivity contribution in [3.8, 4) is 10.7 Å². The molecule has 0 amide bonds. The van der Waals surface area contributed by atoms with Crippen LogP contribution in [0.5, 0.6) is 0 Å². The average molecular weight is 247 g/mol. The van der Waals surface area contributed by atoms with E-state index in [1.807, 2.05) is 18.2 Å². The van der Waals surface area contributed by atoms with E-state index in [0.29, 0.717) is 5.92 Å². The molecule has 0 saturated heterocycles. The van der Waals surface area contributed by atoms with E-state index in [0.717, 1.165) is 29.4 Å². The summed E-state index contributed by atoms with van der Waals surface area (Å²) in [5, 5.41) is 1.00. The van der Waals surface area contributed by atoms with Gasteiger partial charge in [-0.1, -0.05) is 13.0 Å². The zero-order valence-corrected chi connectivity index (χ0v) is 11.0. The van der Waals surface area contributed by atoms with E-state index < -0.39 is 0 Å². The number of rotatable bonds is 4. The van der Waals surface area contributed by atoms with Gasteiger partial charge in [0, 0.05) is 11.1 Å². The lowest BCUT2D eigenvalue weighted by Gasteiger charge is -2.07. The highest BCUT2D eigenvalue weighted by Gasteiger charge is 2.14. The molecule has 0 bridgehead atoms. The zero-order valence-electron chi connectivity index (χ0n) is 10.2. The summed E-state index contributed by atoms with van der Waals surface area (Å²) >= 11 is 1.73. The van der Waals surface area contributed by atoms with Crippen LogP contribution in [0, 0.1) is 6.92 Å². The summed E-state index contributed by atoms with van der Waals surface area (Å²) in [6, 6.07) is 5.90. The topological polar surface area (TPSA) is 51.8 Å². The summed E-state index contributed by atoms with van der Waals surface area (Å²) in [6.45, 7) is 4.98. The molecule has 2 heterocycles. The summed E-state index contributed by atoms with van der Waals surface area (Å²) < 4.78 is 0. The van der Waals surface area contributed by atoms with Crippen LogP contribution in [0.4, 0.5) is 0 Å². The molecule has 2 rings (SSSR count). The zero-order chi connectivity index (χ0) is 12.3. The van der Waals surface area contributed by atoms with Crippen molar-refractivity contribution in [2.45, 2.75) is 26.2 Å². The third kappa shape index (κ3) is 2.70. The van der Waals surface area contributed by atoms with E-state index in [2.05, 4.69) is 23.8 Å². The van der Waals surface area contributed by atoms with E-state index in [1.165, 1.54) is 4.88 Å². The number of hydrogen-bond donors (Lipinski definition) is 1. The highest BCUT2D eigenvalue weighted by atomic mass is 32.1. The lowest BCUT2D eigenvalue weighted by atomic mass is 10.1. The third-order valence-electron chi connectivity index (χ3n) is 2.76. The molecule has 90 valence electrons. The fourth-order valence-electron chi connectivity index (χ4n) is 1.85. The smallest absolute Gasteiger partial charge is 0.142 e. The lowest BCUT2D eigenvalue weighted by molar-refractivity contribution is 0.696. The number of aromatic nitrogens is 2. The molecule has 1 unspecified atom stereocenters. The molecule has 2 aromatic rings. The quantitative estimate of drug-likeness (QED) is 0.903. The Kier molecular flexibility index (Phi) is 3.86. The predicted molar refractivity (Wildman–Crippen MR) is 72.2 cm³/mol. The molecule has 1 atom stereocenters. The largest absolute Gasteiger partial charge is 0.330 e. The van der Waals surface area contributed by atoms with Crippen LogP contribution in [0.1, 0.15) is 29.8 Å². The minimum atomic E-state index is 0.481. The molecule has 0 radical (unpaired) electrons. The van der Waals surface area contributed by atoms with Crippen LogP contribution in [-0.2, 0) is 0 Å². The first-order valence-electron chi connectivity index (χ1n) is 5.81. The van der Waals surface area contributed by atoms with Crippen molar-refractivity contribution in [2.24, 2.45) is 5.73 Å². The number of nitrogens with zero attached hydrogens (tertiary/aromatic N) is 2. The molecule has 0 aliphatic carbocycles. The van der Waals surface area contributed by atoms with Crippen molar-refractivity contribution >= 4 is 11.3 Å². The Morgan fingerprint density at radius 1 is 1.41 bits per heavy atom. The van der Waals surface area contributed by atoms with Crippen molar-refractivity contribution in [1.29, 1.82) is 0 Å². The van der Waals surface area contributed by atoms with E-state index in [4.69, 9.17) is 5.73 Å².